The first-order chi connectivity index (χ1) is 22.4. The zero-order valence-corrected chi connectivity index (χ0v) is 29.0. The van der Waals surface area contributed by atoms with E-state index in [4.69, 9.17) is 14.5 Å². The molecule has 2 aliphatic rings. The molecular formula is C39H53N5O2. The molecule has 7 nitrogen and oxygen atoms in total. The van der Waals surface area contributed by atoms with Gasteiger partial charge < -0.3 is 19.7 Å². The predicted octanol–water partition coefficient (Wildman–Crippen LogP) is 9.89. The molecule has 1 unspecified atom stereocenters. The third kappa shape index (κ3) is 9.38. The second-order valence-corrected chi connectivity index (χ2v) is 12.2. The highest BCUT2D eigenvalue weighted by Gasteiger charge is 2.23. The molecule has 0 spiro atoms. The van der Waals surface area contributed by atoms with Crippen LogP contribution in [0.5, 0.6) is 11.5 Å². The van der Waals surface area contributed by atoms with E-state index in [9.17, 15) is 0 Å². The number of benzene rings is 2. The summed E-state index contributed by atoms with van der Waals surface area (Å²) in [4.78, 5) is 7.47. The van der Waals surface area contributed by atoms with Crippen molar-refractivity contribution < 1.29 is 9.47 Å². The van der Waals surface area contributed by atoms with Gasteiger partial charge in [-0.05, 0) is 87.6 Å². The number of amidine groups is 1. The fourth-order valence-electron chi connectivity index (χ4n) is 5.60. The maximum Gasteiger partial charge on any atom is 0.142 e. The number of fused-ring (bicyclic) bond motifs is 1. The Kier molecular flexibility index (Phi) is 13.1. The van der Waals surface area contributed by atoms with Crippen molar-refractivity contribution in [2.24, 2.45) is 16.0 Å². The summed E-state index contributed by atoms with van der Waals surface area (Å²) in [5.41, 5.74) is 6.33. The van der Waals surface area contributed by atoms with Gasteiger partial charge in [0.25, 0.3) is 0 Å². The molecule has 7 heteroatoms. The summed E-state index contributed by atoms with van der Waals surface area (Å²) >= 11 is 0. The molecule has 246 valence electrons. The van der Waals surface area contributed by atoms with Gasteiger partial charge in [-0.2, -0.15) is 5.10 Å². The SMILES string of the molecule is C/C=N\N1C=CC(Oc2ccc(NC(=N/C=C/CCC)c3cc4c(cc3C)OCC(C)CN4CCCCC)cc2C)=C/C1=C\CC. The van der Waals surface area contributed by atoms with Crippen LogP contribution in [0.25, 0.3) is 0 Å². The maximum absolute atomic E-state index is 6.35. The summed E-state index contributed by atoms with van der Waals surface area (Å²) in [6.45, 7) is 17.7. The van der Waals surface area contributed by atoms with Crippen molar-refractivity contribution >= 4 is 23.4 Å². The zero-order chi connectivity index (χ0) is 32.9. The van der Waals surface area contributed by atoms with E-state index in [2.05, 4.69) is 93.3 Å². The van der Waals surface area contributed by atoms with Crippen LogP contribution in [0.1, 0.15) is 89.8 Å². The Morgan fingerprint density at radius 2 is 1.93 bits per heavy atom. The van der Waals surface area contributed by atoms with Crippen LogP contribution in [-0.4, -0.2) is 36.8 Å². The second kappa shape index (κ2) is 17.4. The van der Waals surface area contributed by atoms with E-state index in [-0.39, 0.29) is 0 Å². The van der Waals surface area contributed by atoms with Gasteiger partial charge in [0.2, 0.25) is 0 Å². The number of rotatable bonds is 13. The van der Waals surface area contributed by atoms with Crippen LogP contribution in [0, 0.1) is 19.8 Å². The van der Waals surface area contributed by atoms with Crippen molar-refractivity contribution in [3.8, 4) is 11.5 Å². The number of aryl methyl sites for hydroxylation is 2. The largest absolute Gasteiger partial charge is 0.491 e. The molecule has 0 saturated carbocycles. The number of hydrogen-bond acceptors (Lipinski definition) is 6. The molecule has 2 aromatic carbocycles. The summed E-state index contributed by atoms with van der Waals surface area (Å²) in [7, 11) is 0. The number of hydrazone groups is 1. The van der Waals surface area contributed by atoms with Crippen LogP contribution in [-0.2, 0) is 0 Å². The minimum Gasteiger partial charge on any atom is -0.491 e. The Hall–Kier alpha value is -4.26. The first-order valence-electron chi connectivity index (χ1n) is 17.1. The number of anilines is 2. The van der Waals surface area contributed by atoms with Crippen molar-refractivity contribution in [3.05, 3.63) is 95.2 Å². The molecule has 0 aromatic heterocycles. The van der Waals surface area contributed by atoms with Crippen LogP contribution in [0.2, 0.25) is 0 Å². The van der Waals surface area contributed by atoms with Crippen molar-refractivity contribution in [3.63, 3.8) is 0 Å². The molecule has 2 aliphatic heterocycles. The third-order valence-electron chi connectivity index (χ3n) is 8.01. The number of hydrogen-bond donors (Lipinski definition) is 1. The van der Waals surface area contributed by atoms with Crippen LogP contribution in [0.4, 0.5) is 11.4 Å². The van der Waals surface area contributed by atoms with Crippen molar-refractivity contribution in [2.75, 3.05) is 29.9 Å². The second-order valence-electron chi connectivity index (χ2n) is 12.2. The molecule has 1 N–H and O–H groups in total. The van der Waals surface area contributed by atoms with Gasteiger partial charge in [-0.3, -0.25) is 0 Å². The quantitative estimate of drug-likeness (QED) is 0.137. The number of unbranched alkanes of at least 4 members (excludes halogenated alkanes) is 3. The van der Waals surface area contributed by atoms with Crippen LogP contribution < -0.4 is 19.7 Å². The molecule has 0 amide bonds. The Labute approximate surface area is 277 Å². The molecule has 0 bridgehead atoms. The van der Waals surface area contributed by atoms with Crippen molar-refractivity contribution in [1.29, 1.82) is 0 Å². The fraction of sp³-hybridized carbons (Fsp3) is 0.436. The monoisotopic (exact) mass is 623 g/mol. The van der Waals surface area contributed by atoms with Crippen LogP contribution in [0.15, 0.2) is 88.6 Å². The topological polar surface area (TPSA) is 61.7 Å². The van der Waals surface area contributed by atoms with Gasteiger partial charge >= 0.3 is 0 Å². The lowest BCUT2D eigenvalue weighted by atomic mass is 10.0. The van der Waals surface area contributed by atoms with Gasteiger partial charge in [0.1, 0.15) is 23.1 Å². The highest BCUT2D eigenvalue weighted by Crippen LogP contribution is 2.36. The lowest BCUT2D eigenvalue weighted by Gasteiger charge is -2.26. The summed E-state index contributed by atoms with van der Waals surface area (Å²) in [6.07, 6.45) is 20.5. The Morgan fingerprint density at radius 1 is 1.09 bits per heavy atom. The molecule has 0 aliphatic carbocycles. The number of ether oxygens (including phenoxy) is 2. The number of nitrogens with zero attached hydrogens (tertiary/aromatic N) is 4. The Balaban J connectivity index is 1.63. The van der Waals surface area contributed by atoms with E-state index in [1.54, 1.807) is 6.21 Å². The van der Waals surface area contributed by atoms with E-state index in [0.29, 0.717) is 5.92 Å². The van der Waals surface area contributed by atoms with Crippen LogP contribution in [0.3, 0.4) is 0 Å². The predicted molar refractivity (Wildman–Crippen MR) is 195 cm³/mol. The molecule has 2 heterocycles. The lowest BCUT2D eigenvalue weighted by Crippen LogP contribution is -2.29. The van der Waals surface area contributed by atoms with E-state index in [1.165, 1.54) is 19.3 Å². The van der Waals surface area contributed by atoms with Gasteiger partial charge in [-0.1, -0.05) is 59.1 Å². The Morgan fingerprint density at radius 3 is 2.67 bits per heavy atom. The van der Waals surface area contributed by atoms with Gasteiger partial charge in [0.15, 0.2) is 0 Å². The first kappa shape index (κ1) is 34.6. The van der Waals surface area contributed by atoms with Gasteiger partial charge in [-0.25, -0.2) is 10.0 Å². The van der Waals surface area contributed by atoms with Crippen molar-refractivity contribution in [1.82, 2.24) is 5.01 Å². The number of nitrogens with one attached hydrogen (secondary N) is 1. The average molecular weight is 624 g/mol. The molecule has 2 aromatic rings. The lowest BCUT2D eigenvalue weighted by molar-refractivity contribution is 0.273. The molecule has 1 atom stereocenters. The summed E-state index contributed by atoms with van der Waals surface area (Å²) in [6, 6.07) is 10.6. The minimum absolute atomic E-state index is 0.461. The van der Waals surface area contributed by atoms with E-state index < -0.39 is 0 Å². The van der Waals surface area contributed by atoms with E-state index in [0.717, 1.165) is 95.8 Å². The van der Waals surface area contributed by atoms with Crippen LogP contribution >= 0.6 is 0 Å². The molecule has 46 heavy (non-hydrogen) atoms. The molecule has 4 rings (SSSR count). The maximum atomic E-state index is 6.35. The molecule has 0 radical (unpaired) electrons. The smallest absolute Gasteiger partial charge is 0.142 e. The average Bonchev–Trinajstić information content (AvgIpc) is 3.19. The van der Waals surface area contributed by atoms with Gasteiger partial charge in [0.05, 0.1) is 18.0 Å². The highest BCUT2D eigenvalue weighted by atomic mass is 16.5. The first-order valence-corrected chi connectivity index (χ1v) is 17.1. The number of allylic oxidation sites excluding steroid dienone is 4. The highest BCUT2D eigenvalue weighted by molar-refractivity contribution is 6.10. The standard InChI is InChI=1S/C39H53N5O2/c1-8-12-14-20-40-39(35-26-36-38(24-30(35)6)45-28-29(5)27-43(36)21-15-13-9-2)42-32-17-18-37(31(7)23-32)46-34-19-22-44(41-11-4)33(25-34)16-10-3/h11,14,16-20,22-26,29H,8-10,12-13,15,21,27-28H2,1-7H3,(H,40,42)/b20-14+,33-16+,41-11-. The fourth-order valence-corrected chi connectivity index (χ4v) is 5.60. The minimum atomic E-state index is 0.461. The molecule has 0 fully saturated rings. The van der Waals surface area contributed by atoms with Gasteiger partial charge in [-0.15, -0.1) is 0 Å². The summed E-state index contributed by atoms with van der Waals surface area (Å²) in [5.74, 6) is 3.82. The Bertz CT molecular complexity index is 1500. The zero-order valence-electron chi connectivity index (χ0n) is 29.0. The molecule has 0 saturated heterocycles. The third-order valence-corrected chi connectivity index (χ3v) is 8.01. The van der Waals surface area contributed by atoms with Gasteiger partial charge in [0, 0.05) is 54.9 Å². The molecular weight excluding hydrogens is 570 g/mol. The van der Waals surface area contributed by atoms with Crippen molar-refractivity contribution in [2.45, 2.75) is 87.0 Å². The van der Waals surface area contributed by atoms with E-state index >= 15 is 0 Å². The summed E-state index contributed by atoms with van der Waals surface area (Å²) in [5, 5.41) is 9.92. The van der Waals surface area contributed by atoms with E-state index in [1.807, 2.05) is 42.6 Å². The summed E-state index contributed by atoms with van der Waals surface area (Å²) < 4.78 is 12.7. The number of aliphatic imine (C=N–C) groups is 1. The normalized spacial score (nSPS) is 17.8.